The number of hydrogen-bond donors (Lipinski definition) is 1. The topological polar surface area (TPSA) is 74.7 Å². The molecule has 1 fully saturated rings. The van der Waals surface area contributed by atoms with Gasteiger partial charge in [-0.25, -0.2) is 0 Å². The highest BCUT2D eigenvalue weighted by molar-refractivity contribution is 6.08. The molecule has 1 saturated heterocycles. The van der Waals surface area contributed by atoms with Crippen LogP contribution < -0.4 is 10.9 Å². The van der Waals surface area contributed by atoms with Crippen LogP contribution in [0.1, 0.15) is 66.3 Å². The Morgan fingerprint density at radius 2 is 1.36 bits per heavy atom. The Labute approximate surface area is 276 Å². The number of hydrogen-bond acceptors (Lipinski definition) is 4. The molecule has 6 rings (SSSR count). The third-order valence-electron chi connectivity index (χ3n) is 9.83. The molecule has 7 nitrogen and oxygen atoms in total. The van der Waals surface area contributed by atoms with Crippen molar-refractivity contribution in [3.05, 3.63) is 148 Å². The van der Waals surface area contributed by atoms with Crippen LogP contribution in [0.25, 0.3) is 16.5 Å². The van der Waals surface area contributed by atoms with E-state index in [9.17, 15) is 14.4 Å². The van der Waals surface area contributed by atoms with Crippen LogP contribution in [0.5, 0.6) is 0 Å². The SMILES string of the molecule is CC[C@H](NC(=O)c1c(CN2CCC(c3ccccc3)(N(C)C(C)=O)CC2)n(-c2ccccc2)c(=O)c2ccccc12)c1ccccc1. The first kappa shape index (κ1) is 32.0. The van der Waals surface area contributed by atoms with Gasteiger partial charge in [-0.15, -0.1) is 0 Å². The van der Waals surface area contributed by atoms with E-state index < -0.39 is 5.54 Å². The molecule has 0 aliphatic carbocycles. The van der Waals surface area contributed by atoms with E-state index in [2.05, 4.69) is 29.3 Å². The number of likely N-dealkylation sites (tertiary alicyclic amines) is 1. The first-order valence-electron chi connectivity index (χ1n) is 16.4. The maximum absolute atomic E-state index is 14.5. The van der Waals surface area contributed by atoms with E-state index in [0.717, 1.165) is 30.4 Å². The predicted molar refractivity (Wildman–Crippen MR) is 188 cm³/mol. The van der Waals surface area contributed by atoms with Crippen molar-refractivity contribution < 1.29 is 9.59 Å². The lowest BCUT2D eigenvalue weighted by Gasteiger charge is -2.47. The molecule has 240 valence electrons. The first-order valence-corrected chi connectivity index (χ1v) is 16.4. The molecule has 7 heteroatoms. The summed E-state index contributed by atoms with van der Waals surface area (Å²) in [5, 5.41) is 4.46. The smallest absolute Gasteiger partial charge is 0.263 e. The maximum atomic E-state index is 14.5. The minimum Gasteiger partial charge on any atom is -0.345 e. The fourth-order valence-corrected chi connectivity index (χ4v) is 7.15. The van der Waals surface area contributed by atoms with Gasteiger partial charge in [0.25, 0.3) is 11.5 Å². The minimum atomic E-state index is -0.434. The van der Waals surface area contributed by atoms with Crippen LogP contribution >= 0.6 is 0 Å². The molecule has 47 heavy (non-hydrogen) atoms. The summed E-state index contributed by atoms with van der Waals surface area (Å²) in [6.07, 6.45) is 2.17. The van der Waals surface area contributed by atoms with Crippen LogP contribution in [-0.4, -0.2) is 46.3 Å². The quantitative estimate of drug-likeness (QED) is 0.194. The van der Waals surface area contributed by atoms with E-state index in [0.29, 0.717) is 47.4 Å². The Morgan fingerprint density at radius 1 is 0.809 bits per heavy atom. The summed E-state index contributed by atoms with van der Waals surface area (Å²) in [6.45, 7) is 5.45. The Balaban J connectivity index is 1.44. The molecule has 1 N–H and O–H groups in total. The molecule has 2 amide bonds. The fourth-order valence-electron chi connectivity index (χ4n) is 7.15. The number of aromatic nitrogens is 1. The Morgan fingerprint density at radius 3 is 1.96 bits per heavy atom. The van der Waals surface area contributed by atoms with Crippen molar-refractivity contribution in [1.82, 2.24) is 19.7 Å². The molecule has 1 aliphatic heterocycles. The molecule has 0 bridgehead atoms. The lowest BCUT2D eigenvalue weighted by Crippen LogP contribution is -2.53. The van der Waals surface area contributed by atoms with Gasteiger partial charge in [-0.3, -0.25) is 23.9 Å². The molecule has 0 radical (unpaired) electrons. The standard InChI is InChI=1S/C40H42N4O3/c1-4-35(30-16-8-5-9-17-30)41-38(46)37-33-22-14-15-23-34(33)39(47)44(32-20-12-7-13-21-32)36(37)28-43-26-24-40(25-27-43,42(3)29(2)45)31-18-10-6-11-19-31/h5-23,35H,4,24-28H2,1-3H3,(H,41,46)/t35-/m0/s1. The number of para-hydroxylation sites is 1. The number of fused-ring (bicyclic) bond motifs is 1. The van der Waals surface area contributed by atoms with Crippen LogP contribution in [-0.2, 0) is 16.9 Å². The summed E-state index contributed by atoms with van der Waals surface area (Å²) in [4.78, 5) is 45.7. The second-order valence-corrected chi connectivity index (χ2v) is 12.4. The zero-order valence-electron chi connectivity index (χ0n) is 27.4. The van der Waals surface area contributed by atoms with Gasteiger partial charge in [0.15, 0.2) is 0 Å². The van der Waals surface area contributed by atoms with E-state index in [1.807, 2.05) is 109 Å². The van der Waals surface area contributed by atoms with E-state index in [1.165, 1.54) is 0 Å². The van der Waals surface area contributed by atoms with E-state index in [4.69, 9.17) is 0 Å². The van der Waals surface area contributed by atoms with Gasteiger partial charge in [-0.1, -0.05) is 104 Å². The number of benzene rings is 4. The summed E-state index contributed by atoms with van der Waals surface area (Å²) in [5.41, 5.74) is 3.46. The number of carbonyl (C=O) groups is 2. The Hall–Kier alpha value is -5.01. The molecule has 0 saturated carbocycles. The maximum Gasteiger partial charge on any atom is 0.263 e. The van der Waals surface area contributed by atoms with Gasteiger partial charge < -0.3 is 10.2 Å². The molecular formula is C40H42N4O3. The van der Waals surface area contributed by atoms with Crippen molar-refractivity contribution in [2.24, 2.45) is 0 Å². The van der Waals surface area contributed by atoms with Crippen molar-refractivity contribution >= 4 is 22.6 Å². The van der Waals surface area contributed by atoms with Crippen molar-refractivity contribution in [2.45, 2.75) is 51.2 Å². The third kappa shape index (κ3) is 6.23. The molecule has 0 spiro atoms. The predicted octanol–water partition coefficient (Wildman–Crippen LogP) is 6.84. The van der Waals surface area contributed by atoms with E-state index in [-0.39, 0.29) is 23.4 Å². The van der Waals surface area contributed by atoms with Crippen molar-refractivity contribution in [3.63, 3.8) is 0 Å². The number of nitrogens with one attached hydrogen (secondary N) is 1. The number of pyridine rings is 1. The van der Waals surface area contributed by atoms with Gasteiger partial charge in [0.05, 0.1) is 22.8 Å². The monoisotopic (exact) mass is 626 g/mol. The number of piperidine rings is 1. The second kappa shape index (κ2) is 13.8. The van der Waals surface area contributed by atoms with Crippen LogP contribution in [0.4, 0.5) is 0 Å². The number of nitrogens with zero attached hydrogens (tertiary/aromatic N) is 3. The van der Waals surface area contributed by atoms with Gasteiger partial charge in [-0.05, 0) is 48.6 Å². The van der Waals surface area contributed by atoms with Gasteiger partial charge in [0, 0.05) is 50.1 Å². The number of amides is 2. The normalized spacial score (nSPS) is 15.2. The van der Waals surface area contributed by atoms with Crippen LogP contribution in [0, 0.1) is 0 Å². The van der Waals surface area contributed by atoms with E-state index in [1.54, 1.807) is 17.6 Å². The minimum absolute atomic E-state index is 0.0256. The number of carbonyl (C=O) groups excluding carboxylic acids is 2. The molecule has 1 aromatic heterocycles. The van der Waals surface area contributed by atoms with Crippen molar-refractivity contribution in [3.8, 4) is 5.69 Å². The lowest BCUT2D eigenvalue weighted by molar-refractivity contribution is -0.136. The molecule has 0 unspecified atom stereocenters. The molecule has 2 heterocycles. The third-order valence-corrected chi connectivity index (χ3v) is 9.83. The zero-order chi connectivity index (χ0) is 33.0. The summed E-state index contributed by atoms with van der Waals surface area (Å²) in [6, 6.07) is 37.1. The zero-order valence-corrected chi connectivity index (χ0v) is 27.4. The highest BCUT2D eigenvalue weighted by Gasteiger charge is 2.41. The summed E-state index contributed by atoms with van der Waals surface area (Å²) in [7, 11) is 1.89. The molecule has 5 aromatic rings. The Bertz CT molecular complexity index is 1910. The van der Waals surface area contributed by atoms with Crippen molar-refractivity contribution in [1.29, 1.82) is 0 Å². The fraction of sp³-hybridized carbons (Fsp3) is 0.275. The van der Waals surface area contributed by atoms with Gasteiger partial charge in [0.1, 0.15) is 0 Å². The molecule has 1 aliphatic rings. The highest BCUT2D eigenvalue weighted by Crippen LogP contribution is 2.39. The largest absolute Gasteiger partial charge is 0.345 e. The summed E-state index contributed by atoms with van der Waals surface area (Å²) < 4.78 is 1.72. The molecule has 4 aromatic carbocycles. The first-order chi connectivity index (χ1) is 22.8. The average molecular weight is 627 g/mol. The highest BCUT2D eigenvalue weighted by atomic mass is 16.2. The Kier molecular flexibility index (Phi) is 9.36. The average Bonchev–Trinajstić information content (AvgIpc) is 3.12. The van der Waals surface area contributed by atoms with E-state index >= 15 is 0 Å². The van der Waals surface area contributed by atoms with Gasteiger partial charge in [-0.2, -0.15) is 0 Å². The van der Waals surface area contributed by atoms with Crippen molar-refractivity contribution in [2.75, 3.05) is 20.1 Å². The summed E-state index contributed by atoms with van der Waals surface area (Å²) in [5.74, 6) is -0.180. The molecule has 1 atom stereocenters. The summed E-state index contributed by atoms with van der Waals surface area (Å²) >= 11 is 0. The van der Waals surface area contributed by atoms with Crippen LogP contribution in [0.15, 0.2) is 120 Å². The van der Waals surface area contributed by atoms with Crippen LogP contribution in [0.2, 0.25) is 0 Å². The molecular weight excluding hydrogens is 584 g/mol. The number of rotatable bonds is 9. The van der Waals surface area contributed by atoms with Gasteiger partial charge >= 0.3 is 0 Å². The second-order valence-electron chi connectivity index (χ2n) is 12.4. The van der Waals surface area contributed by atoms with Gasteiger partial charge in [0.2, 0.25) is 5.91 Å². The lowest BCUT2D eigenvalue weighted by atomic mass is 9.79. The van der Waals surface area contributed by atoms with Crippen LogP contribution in [0.3, 0.4) is 0 Å².